The van der Waals surface area contributed by atoms with Gasteiger partial charge in [0.2, 0.25) is 0 Å². The summed E-state index contributed by atoms with van der Waals surface area (Å²) in [5.74, 6) is -0.237. The number of anilines is 2. The van der Waals surface area contributed by atoms with E-state index in [1.165, 1.54) is 19.2 Å². The molecule has 3 N–H and O–H groups in total. The Morgan fingerprint density at radius 1 is 1.07 bits per heavy atom. The second kappa shape index (κ2) is 7.64. The van der Waals surface area contributed by atoms with Gasteiger partial charge in [-0.25, -0.2) is 13.2 Å². The van der Waals surface area contributed by atoms with Gasteiger partial charge < -0.3 is 5.73 Å². The minimum absolute atomic E-state index is 0.00181. The number of nitrogen functional groups attached to an aromatic ring is 1. The molecule has 2 aromatic carbocycles. The number of rotatable bonds is 5. The van der Waals surface area contributed by atoms with Crippen molar-refractivity contribution in [3.05, 3.63) is 85.5 Å². The van der Waals surface area contributed by atoms with E-state index in [0.29, 0.717) is 0 Å². The predicted octanol–water partition coefficient (Wildman–Crippen LogP) is 1.75. The second-order valence-electron chi connectivity index (χ2n) is 5.99. The number of aromatic nitrogens is 2. The Balaban J connectivity index is 2.10. The lowest BCUT2D eigenvalue weighted by atomic mass is 10.2. The van der Waals surface area contributed by atoms with Gasteiger partial charge in [0.1, 0.15) is 5.82 Å². The van der Waals surface area contributed by atoms with Gasteiger partial charge in [0.25, 0.3) is 15.6 Å². The number of nitrogens with zero attached hydrogens (tertiary/aromatic N) is 2. The molecule has 10 heteroatoms. The van der Waals surface area contributed by atoms with E-state index in [0.717, 1.165) is 18.9 Å². The van der Waals surface area contributed by atoms with Crippen LogP contribution in [0.25, 0.3) is 0 Å². The monoisotopic (exact) mass is 464 g/mol. The van der Waals surface area contributed by atoms with E-state index in [1.54, 1.807) is 42.5 Å². The fourth-order valence-electron chi connectivity index (χ4n) is 2.68. The Bertz CT molecular complexity index is 1220. The highest BCUT2D eigenvalue weighted by Gasteiger charge is 2.27. The van der Waals surface area contributed by atoms with Crippen molar-refractivity contribution in [1.29, 1.82) is 0 Å². The Kier molecular flexibility index (Phi) is 5.43. The highest BCUT2D eigenvalue weighted by molar-refractivity contribution is 9.10. The lowest BCUT2D eigenvalue weighted by Crippen LogP contribution is -2.39. The van der Waals surface area contributed by atoms with Crippen LogP contribution in [0.2, 0.25) is 0 Å². The zero-order valence-corrected chi connectivity index (χ0v) is 17.2. The van der Waals surface area contributed by atoms with Gasteiger partial charge in [-0.05, 0) is 29.8 Å². The summed E-state index contributed by atoms with van der Waals surface area (Å²) in [7, 11) is -2.81. The molecule has 0 radical (unpaired) electrons. The molecule has 0 aliphatic rings. The number of H-pyrrole nitrogens is 1. The third-order valence-corrected chi connectivity index (χ3v) is 6.48. The molecule has 0 saturated heterocycles. The van der Waals surface area contributed by atoms with E-state index in [-0.39, 0.29) is 22.9 Å². The van der Waals surface area contributed by atoms with Crippen LogP contribution < -0.4 is 21.3 Å². The quantitative estimate of drug-likeness (QED) is 0.596. The molecule has 1 heterocycles. The molecule has 0 aliphatic carbocycles. The number of hydrogen-bond acceptors (Lipinski definition) is 5. The zero-order valence-electron chi connectivity index (χ0n) is 14.8. The van der Waals surface area contributed by atoms with Crippen molar-refractivity contribution >= 4 is 37.5 Å². The first kappa shape index (κ1) is 19.9. The standard InChI is InChI=1S/C18H17BrN4O4S/c1-22(28(26,27)14-5-3-2-4-6-14)15-16(20)23(18(25)21-17(15)24)11-12-7-9-13(19)10-8-12/h2-10H,11,20H2,1H3,(H,21,24,25). The van der Waals surface area contributed by atoms with Crippen LogP contribution in [0.15, 0.2) is 73.6 Å². The Labute approximate surface area is 169 Å². The first-order chi connectivity index (χ1) is 13.2. The first-order valence-corrected chi connectivity index (χ1v) is 10.4. The molecular formula is C18H17BrN4O4S. The van der Waals surface area contributed by atoms with E-state index in [1.807, 2.05) is 0 Å². The van der Waals surface area contributed by atoms with Crippen molar-refractivity contribution in [2.75, 3.05) is 17.1 Å². The molecule has 3 aromatic rings. The van der Waals surface area contributed by atoms with Gasteiger partial charge in [0, 0.05) is 11.5 Å². The normalized spacial score (nSPS) is 11.4. The van der Waals surface area contributed by atoms with Gasteiger partial charge in [-0.15, -0.1) is 0 Å². The molecule has 0 amide bonds. The maximum absolute atomic E-state index is 12.9. The number of halogens is 1. The molecule has 1 aromatic heterocycles. The van der Waals surface area contributed by atoms with Crippen LogP contribution >= 0.6 is 15.9 Å². The Morgan fingerprint density at radius 3 is 2.29 bits per heavy atom. The van der Waals surface area contributed by atoms with E-state index in [4.69, 9.17) is 5.73 Å². The van der Waals surface area contributed by atoms with Crippen LogP contribution in [0, 0.1) is 0 Å². The zero-order chi connectivity index (χ0) is 20.5. The largest absolute Gasteiger partial charge is 0.383 e. The summed E-state index contributed by atoms with van der Waals surface area (Å²) in [5.41, 5.74) is 4.90. The maximum atomic E-state index is 12.9. The van der Waals surface area contributed by atoms with E-state index >= 15 is 0 Å². The minimum atomic E-state index is -4.03. The first-order valence-electron chi connectivity index (χ1n) is 8.13. The van der Waals surface area contributed by atoms with Gasteiger partial charge in [-0.2, -0.15) is 0 Å². The van der Waals surface area contributed by atoms with Crippen LogP contribution in [0.1, 0.15) is 5.56 Å². The van der Waals surface area contributed by atoms with Crippen molar-refractivity contribution in [2.45, 2.75) is 11.4 Å². The van der Waals surface area contributed by atoms with Gasteiger partial charge in [-0.3, -0.25) is 18.7 Å². The molecule has 0 fully saturated rings. The second-order valence-corrected chi connectivity index (χ2v) is 8.88. The molecule has 0 bridgehead atoms. The molecule has 0 aliphatic heterocycles. The number of aromatic amines is 1. The molecule has 0 spiro atoms. The lowest BCUT2D eigenvalue weighted by molar-refractivity contribution is 0.593. The van der Waals surface area contributed by atoms with Crippen molar-refractivity contribution < 1.29 is 8.42 Å². The highest BCUT2D eigenvalue weighted by Crippen LogP contribution is 2.23. The minimum Gasteiger partial charge on any atom is -0.383 e. The summed E-state index contributed by atoms with van der Waals surface area (Å²) < 4.78 is 28.5. The molecular weight excluding hydrogens is 448 g/mol. The fourth-order valence-corrected chi connectivity index (χ4v) is 4.18. The van der Waals surface area contributed by atoms with Crippen LogP contribution in [-0.2, 0) is 16.6 Å². The topological polar surface area (TPSA) is 118 Å². The van der Waals surface area contributed by atoms with E-state index < -0.39 is 21.3 Å². The predicted molar refractivity (Wildman–Crippen MR) is 111 cm³/mol. The summed E-state index contributed by atoms with van der Waals surface area (Å²) in [6, 6.07) is 14.8. The molecule has 3 rings (SSSR count). The van der Waals surface area contributed by atoms with Crippen LogP contribution in [-0.4, -0.2) is 25.0 Å². The summed E-state index contributed by atoms with van der Waals surface area (Å²) in [6.07, 6.45) is 0. The number of hydrogen-bond donors (Lipinski definition) is 2. The number of sulfonamides is 1. The van der Waals surface area contributed by atoms with Crippen molar-refractivity contribution in [1.82, 2.24) is 9.55 Å². The number of nitrogens with one attached hydrogen (secondary N) is 1. The molecule has 146 valence electrons. The van der Waals surface area contributed by atoms with Crippen LogP contribution in [0.4, 0.5) is 11.5 Å². The molecule has 0 atom stereocenters. The summed E-state index contributed by atoms with van der Waals surface area (Å²) in [4.78, 5) is 26.8. The molecule has 0 unspecified atom stereocenters. The summed E-state index contributed by atoms with van der Waals surface area (Å²) >= 11 is 3.33. The van der Waals surface area contributed by atoms with Gasteiger partial charge in [-0.1, -0.05) is 46.3 Å². The highest BCUT2D eigenvalue weighted by atomic mass is 79.9. The number of benzene rings is 2. The van der Waals surface area contributed by atoms with Gasteiger partial charge in [0.15, 0.2) is 5.69 Å². The van der Waals surface area contributed by atoms with Gasteiger partial charge >= 0.3 is 5.69 Å². The van der Waals surface area contributed by atoms with Crippen LogP contribution in [0.5, 0.6) is 0 Å². The van der Waals surface area contributed by atoms with Crippen molar-refractivity contribution in [3.8, 4) is 0 Å². The summed E-state index contributed by atoms with van der Waals surface area (Å²) in [6.45, 7) is 0.0704. The average molecular weight is 465 g/mol. The van der Waals surface area contributed by atoms with Crippen molar-refractivity contribution in [2.24, 2.45) is 0 Å². The smallest absolute Gasteiger partial charge is 0.330 e. The van der Waals surface area contributed by atoms with Crippen LogP contribution in [0.3, 0.4) is 0 Å². The lowest BCUT2D eigenvalue weighted by Gasteiger charge is -2.21. The van der Waals surface area contributed by atoms with E-state index in [9.17, 15) is 18.0 Å². The Hall–Kier alpha value is -2.85. The third kappa shape index (κ3) is 3.73. The fraction of sp³-hybridized carbons (Fsp3) is 0.111. The molecule has 28 heavy (non-hydrogen) atoms. The van der Waals surface area contributed by atoms with E-state index in [2.05, 4.69) is 20.9 Å². The summed E-state index contributed by atoms with van der Waals surface area (Å²) in [5, 5.41) is 0. The average Bonchev–Trinajstić information content (AvgIpc) is 2.67. The molecule has 0 saturated carbocycles. The third-order valence-electron chi connectivity index (χ3n) is 4.18. The van der Waals surface area contributed by atoms with Gasteiger partial charge in [0.05, 0.1) is 11.4 Å². The maximum Gasteiger partial charge on any atom is 0.330 e. The Morgan fingerprint density at radius 2 is 1.68 bits per heavy atom. The SMILES string of the molecule is CN(c1c(N)n(Cc2ccc(Br)cc2)c(=O)[nH]c1=O)S(=O)(=O)c1ccccc1. The van der Waals surface area contributed by atoms with Crippen molar-refractivity contribution in [3.63, 3.8) is 0 Å². The molecule has 8 nitrogen and oxygen atoms in total. The number of nitrogens with two attached hydrogens (primary N) is 1.